The SMILES string of the molecule is CCCCN(CC)Cc1cc(C(C)NCC)ccc1OC. The number of benzene rings is 1. The number of nitrogens with one attached hydrogen (secondary N) is 1. The summed E-state index contributed by atoms with van der Waals surface area (Å²) in [6.07, 6.45) is 2.49. The van der Waals surface area contributed by atoms with Crippen LogP contribution in [0.2, 0.25) is 0 Å². The minimum absolute atomic E-state index is 0.380. The van der Waals surface area contributed by atoms with E-state index < -0.39 is 0 Å². The second-order valence-electron chi connectivity index (χ2n) is 5.57. The molecule has 3 heteroatoms. The van der Waals surface area contributed by atoms with E-state index in [0.29, 0.717) is 6.04 Å². The van der Waals surface area contributed by atoms with Crippen LogP contribution in [-0.4, -0.2) is 31.6 Å². The zero-order valence-corrected chi connectivity index (χ0v) is 14.4. The van der Waals surface area contributed by atoms with Crippen LogP contribution in [0.15, 0.2) is 18.2 Å². The van der Waals surface area contributed by atoms with Crippen molar-refractivity contribution in [3.8, 4) is 5.75 Å². The standard InChI is InChI=1S/C18H32N2O/c1-6-9-12-20(8-3)14-17-13-16(15(4)19-7-2)10-11-18(17)21-5/h10-11,13,15,19H,6-9,12,14H2,1-5H3. The largest absolute Gasteiger partial charge is 0.496 e. The zero-order chi connectivity index (χ0) is 15.7. The van der Waals surface area contributed by atoms with Gasteiger partial charge in [0.25, 0.3) is 0 Å². The van der Waals surface area contributed by atoms with E-state index in [2.05, 4.69) is 56.1 Å². The average Bonchev–Trinajstić information content (AvgIpc) is 2.51. The van der Waals surface area contributed by atoms with Crippen LogP contribution in [0.5, 0.6) is 5.75 Å². The first kappa shape index (κ1) is 18.0. The molecular formula is C18H32N2O. The molecule has 1 aromatic carbocycles. The molecule has 0 aromatic heterocycles. The normalized spacial score (nSPS) is 12.7. The van der Waals surface area contributed by atoms with Crippen molar-refractivity contribution in [1.82, 2.24) is 10.2 Å². The predicted octanol–water partition coefficient (Wildman–Crippen LogP) is 3.99. The molecule has 3 nitrogen and oxygen atoms in total. The highest BCUT2D eigenvalue weighted by Gasteiger charge is 2.11. The molecule has 120 valence electrons. The molecular weight excluding hydrogens is 260 g/mol. The number of unbranched alkanes of at least 4 members (excludes halogenated alkanes) is 1. The lowest BCUT2D eigenvalue weighted by atomic mass is 10.0. The third kappa shape index (κ3) is 5.68. The molecule has 0 radical (unpaired) electrons. The van der Waals surface area contributed by atoms with Crippen LogP contribution in [0, 0.1) is 0 Å². The lowest BCUT2D eigenvalue weighted by Crippen LogP contribution is -2.24. The summed E-state index contributed by atoms with van der Waals surface area (Å²) in [4.78, 5) is 2.49. The second kappa shape index (κ2) is 9.80. The molecule has 1 aromatic rings. The number of nitrogens with zero attached hydrogens (tertiary/aromatic N) is 1. The van der Waals surface area contributed by atoms with Crippen LogP contribution in [0.3, 0.4) is 0 Å². The number of methoxy groups -OCH3 is 1. The molecule has 1 unspecified atom stereocenters. The van der Waals surface area contributed by atoms with Gasteiger partial charge in [-0.3, -0.25) is 4.90 Å². The quantitative estimate of drug-likeness (QED) is 0.706. The Hall–Kier alpha value is -1.06. The van der Waals surface area contributed by atoms with Gasteiger partial charge in [-0.2, -0.15) is 0 Å². The summed E-state index contributed by atoms with van der Waals surface area (Å²) in [5.41, 5.74) is 2.62. The lowest BCUT2D eigenvalue weighted by molar-refractivity contribution is 0.270. The smallest absolute Gasteiger partial charge is 0.123 e. The molecule has 0 aliphatic carbocycles. The van der Waals surface area contributed by atoms with Crippen molar-refractivity contribution >= 4 is 0 Å². The van der Waals surface area contributed by atoms with E-state index >= 15 is 0 Å². The summed E-state index contributed by atoms with van der Waals surface area (Å²) in [5.74, 6) is 0.998. The minimum atomic E-state index is 0.380. The van der Waals surface area contributed by atoms with E-state index in [1.54, 1.807) is 7.11 Å². The molecule has 0 heterocycles. The van der Waals surface area contributed by atoms with E-state index in [4.69, 9.17) is 4.74 Å². The Kier molecular flexibility index (Phi) is 8.40. The second-order valence-corrected chi connectivity index (χ2v) is 5.57. The number of hydrogen-bond donors (Lipinski definition) is 1. The molecule has 0 saturated heterocycles. The van der Waals surface area contributed by atoms with Crippen molar-refractivity contribution in [3.63, 3.8) is 0 Å². The summed E-state index contributed by atoms with van der Waals surface area (Å²) in [5, 5.41) is 3.47. The van der Waals surface area contributed by atoms with E-state index in [9.17, 15) is 0 Å². The van der Waals surface area contributed by atoms with Crippen molar-refractivity contribution < 1.29 is 4.74 Å². The van der Waals surface area contributed by atoms with Gasteiger partial charge >= 0.3 is 0 Å². The first-order chi connectivity index (χ1) is 10.2. The Bertz CT molecular complexity index is 406. The maximum absolute atomic E-state index is 5.54. The highest BCUT2D eigenvalue weighted by Crippen LogP contribution is 2.24. The van der Waals surface area contributed by atoms with Gasteiger partial charge < -0.3 is 10.1 Å². The average molecular weight is 292 g/mol. The third-order valence-corrected chi connectivity index (χ3v) is 3.98. The number of ether oxygens (including phenoxy) is 1. The highest BCUT2D eigenvalue weighted by atomic mass is 16.5. The third-order valence-electron chi connectivity index (χ3n) is 3.98. The van der Waals surface area contributed by atoms with Crippen molar-refractivity contribution in [3.05, 3.63) is 29.3 Å². The number of rotatable bonds is 10. The van der Waals surface area contributed by atoms with Gasteiger partial charge in [-0.15, -0.1) is 0 Å². The predicted molar refractivity (Wildman–Crippen MR) is 90.9 cm³/mol. The fraction of sp³-hybridized carbons (Fsp3) is 0.667. The van der Waals surface area contributed by atoms with Gasteiger partial charge in [0.05, 0.1) is 7.11 Å². The summed E-state index contributed by atoms with van der Waals surface area (Å²) in [6, 6.07) is 6.94. The Morgan fingerprint density at radius 1 is 1.24 bits per heavy atom. The molecule has 0 aliphatic rings. The lowest BCUT2D eigenvalue weighted by Gasteiger charge is -2.23. The van der Waals surface area contributed by atoms with Crippen molar-refractivity contribution in [2.24, 2.45) is 0 Å². The summed E-state index contributed by atoms with van der Waals surface area (Å²) < 4.78 is 5.54. The van der Waals surface area contributed by atoms with E-state index in [1.807, 2.05) is 0 Å². The monoisotopic (exact) mass is 292 g/mol. The first-order valence-electron chi connectivity index (χ1n) is 8.28. The molecule has 1 atom stereocenters. The molecule has 0 saturated carbocycles. The molecule has 21 heavy (non-hydrogen) atoms. The first-order valence-corrected chi connectivity index (χ1v) is 8.28. The Morgan fingerprint density at radius 3 is 2.57 bits per heavy atom. The van der Waals surface area contributed by atoms with Crippen LogP contribution in [0.1, 0.15) is 57.7 Å². The Morgan fingerprint density at radius 2 is 2.00 bits per heavy atom. The molecule has 1 N–H and O–H groups in total. The van der Waals surface area contributed by atoms with Gasteiger partial charge in [0.1, 0.15) is 5.75 Å². The van der Waals surface area contributed by atoms with E-state index in [-0.39, 0.29) is 0 Å². The minimum Gasteiger partial charge on any atom is -0.496 e. The van der Waals surface area contributed by atoms with Crippen molar-refractivity contribution in [2.75, 3.05) is 26.7 Å². The van der Waals surface area contributed by atoms with Gasteiger partial charge in [0.15, 0.2) is 0 Å². The highest BCUT2D eigenvalue weighted by molar-refractivity contribution is 5.38. The van der Waals surface area contributed by atoms with Crippen molar-refractivity contribution in [1.29, 1.82) is 0 Å². The Balaban J connectivity index is 2.88. The van der Waals surface area contributed by atoms with Gasteiger partial charge in [-0.05, 0) is 50.7 Å². The molecule has 0 amide bonds. The van der Waals surface area contributed by atoms with Gasteiger partial charge in [-0.25, -0.2) is 0 Å². The van der Waals surface area contributed by atoms with Crippen LogP contribution >= 0.6 is 0 Å². The van der Waals surface area contributed by atoms with Crippen LogP contribution in [0.4, 0.5) is 0 Å². The van der Waals surface area contributed by atoms with E-state index in [0.717, 1.165) is 31.9 Å². The van der Waals surface area contributed by atoms with Gasteiger partial charge in [-0.1, -0.05) is 33.3 Å². The van der Waals surface area contributed by atoms with Gasteiger partial charge in [0, 0.05) is 18.2 Å². The molecule has 1 rings (SSSR count). The topological polar surface area (TPSA) is 24.5 Å². The van der Waals surface area contributed by atoms with E-state index in [1.165, 1.54) is 24.0 Å². The molecule has 0 fully saturated rings. The maximum Gasteiger partial charge on any atom is 0.123 e. The van der Waals surface area contributed by atoms with Gasteiger partial charge in [0.2, 0.25) is 0 Å². The summed E-state index contributed by atoms with van der Waals surface area (Å²) >= 11 is 0. The maximum atomic E-state index is 5.54. The molecule has 0 aliphatic heterocycles. The zero-order valence-electron chi connectivity index (χ0n) is 14.4. The van der Waals surface area contributed by atoms with Crippen LogP contribution in [0.25, 0.3) is 0 Å². The van der Waals surface area contributed by atoms with Crippen LogP contribution in [-0.2, 0) is 6.54 Å². The molecule has 0 spiro atoms. The van der Waals surface area contributed by atoms with Crippen molar-refractivity contribution in [2.45, 2.75) is 53.1 Å². The molecule has 0 bridgehead atoms. The number of hydrogen-bond acceptors (Lipinski definition) is 3. The summed E-state index contributed by atoms with van der Waals surface area (Å²) in [7, 11) is 1.76. The fourth-order valence-corrected chi connectivity index (χ4v) is 2.59. The van der Waals surface area contributed by atoms with Crippen LogP contribution < -0.4 is 10.1 Å². The Labute approximate surface area is 130 Å². The summed E-state index contributed by atoms with van der Waals surface area (Å²) in [6.45, 7) is 13.0. The fourth-order valence-electron chi connectivity index (χ4n) is 2.59.